The summed E-state index contributed by atoms with van der Waals surface area (Å²) < 4.78 is 60.6. The van der Waals surface area contributed by atoms with E-state index in [-0.39, 0.29) is 16.6 Å². The minimum atomic E-state index is -5.09. The number of pyridine rings is 1. The fourth-order valence-electron chi connectivity index (χ4n) is 4.54. The quantitative estimate of drug-likeness (QED) is 0.351. The summed E-state index contributed by atoms with van der Waals surface area (Å²) in [7, 11) is 2.06. The molecule has 39 heavy (non-hydrogen) atoms. The van der Waals surface area contributed by atoms with Gasteiger partial charge >= 0.3 is 18.0 Å². The SMILES string of the molecule is COc1nc2cc(-c3ccc(N4CCOCC4)nc3)ccc2n1C(NC(=O)c1ccccc1)(OC)C(F)(F)F. The highest BCUT2D eigenvalue weighted by molar-refractivity contribution is 5.94. The van der Waals surface area contributed by atoms with Crippen LogP contribution in [0, 0.1) is 0 Å². The summed E-state index contributed by atoms with van der Waals surface area (Å²) in [5.74, 6) is -3.47. The van der Waals surface area contributed by atoms with Crippen molar-refractivity contribution in [3.05, 3.63) is 72.4 Å². The number of benzene rings is 2. The first-order valence-corrected chi connectivity index (χ1v) is 12.1. The van der Waals surface area contributed by atoms with Crippen LogP contribution in [0.15, 0.2) is 66.9 Å². The van der Waals surface area contributed by atoms with Crippen LogP contribution in [-0.2, 0) is 15.3 Å². The molecule has 1 aliphatic rings. The molecule has 3 heterocycles. The predicted octanol–water partition coefficient (Wildman–Crippen LogP) is 4.19. The number of aromatic nitrogens is 3. The Kier molecular flexibility index (Phi) is 7.15. The third-order valence-corrected chi connectivity index (χ3v) is 6.54. The summed E-state index contributed by atoms with van der Waals surface area (Å²) in [6.45, 7) is 2.77. The Morgan fingerprint density at radius 1 is 1.00 bits per heavy atom. The molecular weight excluding hydrogens is 515 g/mol. The van der Waals surface area contributed by atoms with Gasteiger partial charge in [0.1, 0.15) is 5.82 Å². The number of rotatable bonds is 7. The molecule has 5 rings (SSSR count). The number of alkyl halides is 3. The van der Waals surface area contributed by atoms with Crippen LogP contribution in [0.3, 0.4) is 0 Å². The largest absolute Gasteiger partial charge is 0.468 e. The number of hydrogen-bond donors (Lipinski definition) is 1. The minimum absolute atomic E-state index is 0.0295. The number of ether oxygens (including phenoxy) is 3. The van der Waals surface area contributed by atoms with Gasteiger partial charge in [-0.25, -0.2) is 9.55 Å². The highest BCUT2D eigenvalue weighted by Gasteiger charge is 2.61. The third-order valence-electron chi connectivity index (χ3n) is 6.54. The molecule has 9 nitrogen and oxygen atoms in total. The number of imidazole rings is 1. The summed E-state index contributed by atoms with van der Waals surface area (Å²) >= 11 is 0. The fraction of sp³-hybridized carbons (Fsp3) is 0.296. The first-order chi connectivity index (χ1) is 18.8. The van der Waals surface area contributed by atoms with E-state index in [2.05, 4.69) is 14.9 Å². The van der Waals surface area contributed by atoms with Gasteiger partial charge in [-0.1, -0.05) is 24.3 Å². The number of hydrogen-bond acceptors (Lipinski definition) is 7. The van der Waals surface area contributed by atoms with Crippen molar-refractivity contribution in [2.24, 2.45) is 0 Å². The molecule has 1 atom stereocenters. The molecule has 2 aromatic heterocycles. The number of amides is 1. The Hall–Kier alpha value is -4.16. The van der Waals surface area contributed by atoms with Crippen molar-refractivity contribution in [1.82, 2.24) is 19.9 Å². The molecule has 1 unspecified atom stereocenters. The number of fused-ring (bicyclic) bond motifs is 1. The van der Waals surface area contributed by atoms with Crippen LogP contribution in [0.1, 0.15) is 10.4 Å². The van der Waals surface area contributed by atoms with Crippen LogP contribution in [0.4, 0.5) is 19.0 Å². The van der Waals surface area contributed by atoms with Gasteiger partial charge in [-0.2, -0.15) is 18.2 Å². The Bertz CT molecular complexity index is 1450. The van der Waals surface area contributed by atoms with Gasteiger partial charge in [0.05, 0.1) is 31.4 Å². The molecule has 1 N–H and O–H groups in total. The van der Waals surface area contributed by atoms with Crippen molar-refractivity contribution in [2.45, 2.75) is 12.0 Å². The van der Waals surface area contributed by atoms with Gasteiger partial charge in [-0.05, 0) is 42.0 Å². The van der Waals surface area contributed by atoms with Crippen LogP contribution in [0.2, 0.25) is 0 Å². The number of methoxy groups -OCH3 is 2. The summed E-state index contributed by atoms with van der Waals surface area (Å²) in [4.78, 5) is 23.8. The number of halogens is 3. The van der Waals surface area contributed by atoms with Crippen molar-refractivity contribution >= 4 is 22.8 Å². The molecule has 0 radical (unpaired) electrons. The molecule has 0 saturated carbocycles. The molecule has 2 aromatic carbocycles. The normalized spacial score (nSPS) is 15.7. The van der Waals surface area contributed by atoms with Crippen LogP contribution < -0.4 is 15.0 Å². The van der Waals surface area contributed by atoms with Crippen molar-refractivity contribution in [2.75, 3.05) is 45.4 Å². The second-order valence-corrected chi connectivity index (χ2v) is 8.81. The highest BCUT2D eigenvalue weighted by atomic mass is 19.4. The van der Waals surface area contributed by atoms with Gasteiger partial charge in [0.25, 0.3) is 5.91 Å². The molecule has 0 aliphatic carbocycles. The summed E-state index contributed by atoms with van der Waals surface area (Å²) in [6.07, 6.45) is -3.39. The average molecular weight is 542 g/mol. The van der Waals surface area contributed by atoms with Gasteiger partial charge in [-0.15, -0.1) is 0 Å². The van der Waals surface area contributed by atoms with E-state index in [1.807, 2.05) is 17.4 Å². The number of anilines is 1. The molecule has 204 valence electrons. The van der Waals surface area contributed by atoms with E-state index in [0.717, 1.165) is 31.6 Å². The third kappa shape index (κ3) is 4.88. The summed E-state index contributed by atoms with van der Waals surface area (Å²) in [5, 5.41) is 2.02. The van der Waals surface area contributed by atoms with Crippen molar-refractivity contribution in [3.8, 4) is 17.1 Å². The van der Waals surface area contributed by atoms with E-state index >= 15 is 0 Å². The van der Waals surface area contributed by atoms with Gasteiger partial charge in [-0.3, -0.25) is 10.1 Å². The van der Waals surface area contributed by atoms with Crippen molar-refractivity contribution < 1.29 is 32.2 Å². The minimum Gasteiger partial charge on any atom is -0.468 e. The lowest BCUT2D eigenvalue weighted by Crippen LogP contribution is -2.61. The maximum absolute atomic E-state index is 14.7. The Labute approximate surface area is 222 Å². The van der Waals surface area contributed by atoms with Gasteiger partial charge < -0.3 is 19.1 Å². The molecule has 4 aromatic rings. The standard InChI is InChI=1S/C27H26F3N5O4/c1-37-25-32-21-16-19(20-9-11-23(31-17-20)34-12-14-39-15-13-34)8-10-22(21)35(25)27(38-2,26(28,29)30)33-24(36)18-6-4-3-5-7-18/h3-11,16-17H,12-15H2,1-2H3,(H,33,36). The maximum Gasteiger partial charge on any atom is 0.459 e. The molecule has 0 bridgehead atoms. The average Bonchev–Trinajstić information content (AvgIpc) is 3.34. The van der Waals surface area contributed by atoms with E-state index in [1.54, 1.807) is 36.5 Å². The van der Waals surface area contributed by atoms with E-state index in [0.29, 0.717) is 23.3 Å². The first-order valence-electron chi connectivity index (χ1n) is 12.1. The van der Waals surface area contributed by atoms with E-state index in [4.69, 9.17) is 14.2 Å². The van der Waals surface area contributed by atoms with Crippen LogP contribution in [-0.4, -0.2) is 67.1 Å². The zero-order valence-electron chi connectivity index (χ0n) is 21.2. The fourth-order valence-corrected chi connectivity index (χ4v) is 4.54. The molecular formula is C27H26F3N5O4. The summed E-state index contributed by atoms with van der Waals surface area (Å²) in [5.41, 5.74) is 1.73. The number of carbonyl (C=O) groups excluding carboxylic acids is 1. The lowest BCUT2D eigenvalue weighted by atomic mass is 10.1. The zero-order chi connectivity index (χ0) is 27.6. The van der Waals surface area contributed by atoms with Crippen molar-refractivity contribution in [3.63, 3.8) is 0 Å². The second kappa shape index (κ2) is 10.5. The maximum atomic E-state index is 14.7. The number of morpholine rings is 1. The molecule has 1 fully saturated rings. The number of nitrogens with one attached hydrogen (secondary N) is 1. The van der Waals surface area contributed by atoms with E-state index in [9.17, 15) is 18.0 Å². The monoisotopic (exact) mass is 541 g/mol. The smallest absolute Gasteiger partial charge is 0.459 e. The van der Waals surface area contributed by atoms with E-state index < -0.39 is 23.9 Å². The molecule has 0 spiro atoms. The van der Waals surface area contributed by atoms with Crippen LogP contribution in [0.25, 0.3) is 22.2 Å². The van der Waals surface area contributed by atoms with Crippen molar-refractivity contribution in [1.29, 1.82) is 0 Å². The summed E-state index contributed by atoms with van der Waals surface area (Å²) in [6, 6.07) is 15.7. The Morgan fingerprint density at radius 2 is 1.72 bits per heavy atom. The molecule has 1 saturated heterocycles. The predicted molar refractivity (Wildman–Crippen MR) is 137 cm³/mol. The molecule has 1 amide bonds. The first kappa shape index (κ1) is 26.4. The van der Waals surface area contributed by atoms with Crippen LogP contribution in [0.5, 0.6) is 6.01 Å². The number of carbonyl (C=O) groups is 1. The topological polar surface area (TPSA) is 90.7 Å². The molecule has 12 heteroatoms. The zero-order valence-corrected chi connectivity index (χ0v) is 21.2. The highest BCUT2D eigenvalue weighted by Crippen LogP contribution is 2.41. The van der Waals surface area contributed by atoms with Gasteiger partial charge in [0, 0.05) is 37.5 Å². The van der Waals surface area contributed by atoms with E-state index in [1.165, 1.54) is 25.3 Å². The van der Waals surface area contributed by atoms with Gasteiger partial charge in [0.15, 0.2) is 0 Å². The lowest BCUT2D eigenvalue weighted by molar-refractivity contribution is -0.317. The number of nitrogens with zero attached hydrogens (tertiary/aromatic N) is 4. The van der Waals surface area contributed by atoms with Crippen LogP contribution >= 0.6 is 0 Å². The molecule has 1 aliphatic heterocycles. The Balaban J connectivity index is 1.55. The lowest BCUT2D eigenvalue weighted by Gasteiger charge is -2.36. The Morgan fingerprint density at radius 3 is 2.33 bits per heavy atom. The second-order valence-electron chi connectivity index (χ2n) is 8.81. The van der Waals surface area contributed by atoms with Gasteiger partial charge in [0.2, 0.25) is 0 Å².